The molecular formula is C20H25N6OS+. The van der Waals surface area contributed by atoms with Crippen LogP contribution in [0, 0.1) is 11.7 Å². The molecule has 1 aliphatic rings. The number of anilines is 1. The van der Waals surface area contributed by atoms with Crippen LogP contribution >= 0.6 is 12.2 Å². The molecule has 3 aromatic rings. The molecule has 0 amide bonds. The van der Waals surface area contributed by atoms with Gasteiger partial charge in [0.1, 0.15) is 5.75 Å². The highest BCUT2D eigenvalue weighted by Gasteiger charge is 2.21. The summed E-state index contributed by atoms with van der Waals surface area (Å²) in [5, 5.41) is 8.53. The molecule has 1 aliphatic heterocycles. The van der Waals surface area contributed by atoms with Crippen molar-refractivity contribution in [3.05, 3.63) is 58.9 Å². The van der Waals surface area contributed by atoms with Crippen molar-refractivity contribution in [1.29, 1.82) is 0 Å². The molecule has 0 spiro atoms. The number of hydrogen-bond acceptors (Lipinski definition) is 5. The van der Waals surface area contributed by atoms with E-state index in [0.717, 1.165) is 44.3 Å². The van der Waals surface area contributed by atoms with Crippen molar-refractivity contribution in [1.82, 2.24) is 19.8 Å². The maximum Gasteiger partial charge on any atom is 0.225 e. The van der Waals surface area contributed by atoms with Crippen molar-refractivity contribution in [2.45, 2.75) is 13.6 Å². The van der Waals surface area contributed by atoms with Gasteiger partial charge in [-0.2, -0.15) is 9.36 Å². The number of benzene rings is 2. The third-order valence-electron chi connectivity index (χ3n) is 5.20. The molecule has 4 rings (SSSR count). The van der Waals surface area contributed by atoms with Crippen LogP contribution in [0.5, 0.6) is 5.75 Å². The highest BCUT2D eigenvalue weighted by molar-refractivity contribution is 7.71. The van der Waals surface area contributed by atoms with Gasteiger partial charge in [0.15, 0.2) is 6.67 Å². The average Bonchev–Trinajstić information content (AvgIpc) is 3.09. The molecule has 0 saturated carbocycles. The second kappa shape index (κ2) is 8.12. The number of rotatable bonds is 5. The lowest BCUT2D eigenvalue weighted by Gasteiger charge is -2.33. The van der Waals surface area contributed by atoms with Gasteiger partial charge in [-0.25, -0.2) is 0 Å². The van der Waals surface area contributed by atoms with E-state index < -0.39 is 0 Å². The zero-order valence-electron chi connectivity index (χ0n) is 16.2. The van der Waals surface area contributed by atoms with Crippen LogP contribution in [0.25, 0.3) is 5.69 Å². The number of methoxy groups -OCH3 is 1. The minimum absolute atomic E-state index is 0.633. The Morgan fingerprint density at radius 3 is 2.25 bits per heavy atom. The van der Waals surface area contributed by atoms with Gasteiger partial charge in [0.2, 0.25) is 4.77 Å². The number of tetrazole rings is 1. The number of nitrogens with one attached hydrogen (secondary N) is 1. The molecule has 8 heteroatoms. The number of ether oxygens (including phenoxy) is 1. The van der Waals surface area contributed by atoms with Gasteiger partial charge in [-0.15, -0.1) is 0 Å². The van der Waals surface area contributed by atoms with Gasteiger partial charge in [-0.3, -0.25) is 0 Å². The summed E-state index contributed by atoms with van der Waals surface area (Å²) >= 11 is 5.60. The quantitative estimate of drug-likeness (QED) is 0.661. The molecule has 2 heterocycles. The van der Waals surface area contributed by atoms with Gasteiger partial charge >= 0.3 is 0 Å². The average molecular weight is 398 g/mol. The lowest BCUT2D eigenvalue weighted by Crippen LogP contribution is -3.14. The first-order chi connectivity index (χ1) is 13.6. The van der Waals surface area contributed by atoms with Crippen LogP contribution in [0.1, 0.15) is 5.56 Å². The Morgan fingerprint density at radius 2 is 1.61 bits per heavy atom. The third-order valence-corrected chi connectivity index (χ3v) is 5.58. The maximum atomic E-state index is 5.60. The predicted octanol–water partition coefficient (Wildman–Crippen LogP) is 1.48. The largest absolute Gasteiger partial charge is 0.497 e. The number of hydrogen-bond donors (Lipinski definition) is 1. The number of aryl methyl sites for hydroxylation is 1. The Hall–Kier alpha value is -2.71. The molecule has 146 valence electrons. The van der Waals surface area contributed by atoms with E-state index in [1.54, 1.807) is 11.8 Å². The molecule has 1 saturated heterocycles. The second-order valence-corrected chi connectivity index (χ2v) is 7.47. The summed E-state index contributed by atoms with van der Waals surface area (Å²) in [4.78, 5) is 3.86. The lowest BCUT2D eigenvalue weighted by atomic mass is 10.2. The first-order valence-corrected chi connectivity index (χ1v) is 9.87. The van der Waals surface area contributed by atoms with Crippen molar-refractivity contribution in [2.24, 2.45) is 0 Å². The van der Waals surface area contributed by atoms with Crippen LogP contribution in [0.15, 0.2) is 48.5 Å². The van der Waals surface area contributed by atoms with Gasteiger partial charge in [-0.05, 0) is 66.0 Å². The monoisotopic (exact) mass is 397 g/mol. The van der Waals surface area contributed by atoms with Crippen LogP contribution in [-0.2, 0) is 6.67 Å². The van der Waals surface area contributed by atoms with Gasteiger partial charge in [0.05, 0.1) is 39.0 Å². The molecular weight excluding hydrogens is 372 g/mol. The summed E-state index contributed by atoms with van der Waals surface area (Å²) in [6.45, 7) is 6.87. The first-order valence-electron chi connectivity index (χ1n) is 9.46. The number of piperazine rings is 1. The third kappa shape index (κ3) is 3.93. The van der Waals surface area contributed by atoms with Gasteiger partial charge in [-0.1, -0.05) is 17.7 Å². The van der Waals surface area contributed by atoms with E-state index >= 15 is 0 Å². The van der Waals surface area contributed by atoms with E-state index in [-0.39, 0.29) is 0 Å². The Balaban J connectivity index is 1.38. The zero-order valence-corrected chi connectivity index (χ0v) is 17.0. The van der Waals surface area contributed by atoms with E-state index in [9.17, 15) is 0 Å². The van der Waals surface area contributed by atoms with Gasteiger partial charge in [0, 0.05) is 5.69 Å². The molecule has 0 atom stereocenters. The fourth-order valence-corrected chi connectivity index (χ4v) is 3.71. The van der Waals surface area contributed by atoms with E-state index in [2.05, 4.69) is 46.5 Å². The molecule has 0 radical (unpaired) electrons. The lowest BCUT2D eigenvalue weighted by molar-refractivity contribution is -0.924. The van der Waals surface area contributed by atoms with E-state index in [1.807, 2.05) is 28.9 Å². The molecule has 1 N–H and O–H groups in total. The minimum Gasteiger partial charge on any atom is -0.497 e. The number of nitrogens with zero attached hydrogens (tertiary/aromatic N) is 5. The molecule has 0 aliphatic carbocycles. The van der Waals surface area contributed by atoms with E-state index in [4.69, 9.17) is 17.0 Å². The highest BCUT2D eigenvalue weighted by Crippen LogP contribution is 2.19. The fourth-order valence-electron chi connectivity index (χ4n) is 3.47. The van der Waals surface area contributed by atoms with Crippen molar-refractivity contribution in [2.75, 3.05) is 38.2 Å². The normalized spacial score (nSPS) is 15.0. The van der Waals surface area contributed by atoms with Crippen molar-refractivity contribution in [3.63, 3.8) is 0 Å². The summed E-state index contributed by atoms with van der Waals surface area (Å²) in [5.41, 5.74) is 3.39. The van der Waals surface area contributed by atoms with Crippen LogP contribution in [-0.4, -0.2) is 53.1 Å². The summed E-state index contributed by atoms with van der Waals surface area (Å²) in [5.74, 6) is 0.888. The molecule has 28 heavy (non-hydrogen) atoms. The first kappa shape index (κ1) is 18.6. The Kier molecular flexibility index (Phi) is 5.40. The summed E-state index contributed by atoms with van der Waals surface area (Å²) in [6, 6.07) is 16.4. The Bertz CT molecular complexity index is 971. The number of quaternary nitrogens is 1. The molecule has 1 fully saturated rings. The van der Waals surface area contributed by atoms with E-state index in [0.29, 0.717) is 4.77 Å². The Labute approximate surface area is 169 Å². The topological polar surface area (TPSA) is 52.6 Å². The molecule has 7 nitrogen and oxygen atoms in total. The van der Waals surface area contributed by atoms with Crippen molar-refractivity contribution >= 4 is 17.9 Å². The van der Waals surface area contributed by atoms with Crippen LogP contribution in [0.2, 0.25) is 0 Å². The van der Waals surface area contributed by atoms with Crippen LogP contribution < -0.4 is 14.5 Å². The summed E-state index contributed by atoms with van der Waals surface area (Å²) in [7, 11) is 1.69. The van der Waals surface area contributed by atoms with E-state index in [1.165, 1.54) is 16.2 Å². The molecule has 0 bridgehead atoms. The van der Waals surface area contributed by atoms with Gasteiger partial charge in [0.25, 0.3) is 0 Å². The fraction of sp³-hybridized carbons (Fsp3) is 0.350. The second-order valence-electron chi connectivity index (χ2n) is 7.10. The molecule has 1 aromatic heterocycles. The van der Waals surface area contributed by atoms with Crippen LogP contribution in [0.4, 0.5) is 5.69 Å². The maximum absolute atomic E-state index is 5.60. The van der Waals surface area contributed by atoms with Gasteiger partial charge < -0.3 is 14.5 Å². The highest BCUT2D eigenvalue weighted by atomic mass is 32.1. The summed E-state index contributed by atoms with van der Waals surface area (Å²) in [6.07, 6.45) is 0. The molecule has 0 unspecified atom stereocenters. The predicted molar refractivity (Wildman–Crippen MR) is 111 cm³/mol. The SMILES string of the molecule is COc1ccc(N2CC[NH+](Cn3nnn(-c4ccc(C)cc4)c3=S)CC2)cc1. The smallest absolute Gasteiger partial charge is 0.225 e. The standard InChI is InChI=1S/C20H24N6OS/c1-16-3-5-18(6-4-16)26-20(28)25(21-22-26)15-23-11-13-24(14-12-23)17-7-9-19(27-2)10-8-17/h3-10H,11-15H2,1-2H3/p+1. The zero-order chi connectivity index (χ0) is 19.5. The molecule has 2 aromatic carbocycles. The summed E-state index contributed by atoms with van der Waals surface area (Å²) < 4.78 is 9.43. The minimum atomic E-state index is 0.633. The number of aromatic nitrogens is 4. The Morgan fingerprint density at radius 1 is 0.964 bits per heavy atom. The van der Waals surface area contributed by atoms with Crippen molar-refractivity contribution < 1.29 is 9.64 Å². The van der Waals surface area contributed by atoms with Crippen LogP contribution in [0.3, 0.4) is 0 Å². The van der Waals surface area contributed by atoms with Crippen molar-refractivity contribution in [3.8, 4) is 11.4 Å².